The van der Waals surface area contributed by atoms with E-state index in [0.29, 0.717) is 18.5 Å². The van der Waals surface area contributed by atoms with Gasteiger partial charge in [-0.25, -0.2) is 9.78 Å². The number of morpholine rings is 1. The summed E-state index contributed by atoms with van der Waals surface area (Å²) in [6.07, 6.45) is 2.80. The van der Waals surface area contributed by atoms with Gasteiger partial charge in [0, 0.05) is 13.1 Å². The van der Waals surface area contributed by atoms with E-state index in [1.807, 2.05) is 33.8 Å². The Bertz CT molecular complexity index is 768. The van der Waals surface area contributed by atoms with E-state index in [1.54, 1.807) is 12.3 Å². The van der Waals surface area contributed by atoms with Gasteiger partial charge in [-0.1, -0.05) is 13.8 Å². The van der Waals surface area contributed by atoms with Gasteiger partial charge in [-0.15, -0.1) is 0 Å². The Morgan fingerprint density at radius 2 is 1.90 bits per heavy atom. The first-order chi connectivity index (χ1) is 13.8. The molecule has 2 atom stereocenters. The van der Waals surface area contributed by atoms with Crippen molar-refractivity contribution in [3.8, 4) is 0 Å². The lowest BCUT2D eigenvalue weighted by Crippen LogP contribution is -2.46. The molecule has 2 N–H and O–H groups in total. The average molecular weight is 403 g/mol. The van der Waals surface area contributed by atoms with E-state index >= 15 is 0 Å². The van der Waals surface area contributed by atoms with Crippen LogP contribution < -0.4 is 15.5 Å². The molecule has 2 aliphatic heterocycles. The lowest BCUT2D eigenvalue weighted by atomic mass is 9.93. The first kappa shape index (κ1) is 21.0. The fraction of sp³-hybridized carbons (Fsp3) is 0.600. The number of imide groups is 1. The maximum absolute atomic E-state index is 12.6. The number of carbonyl (C=O) groups excluding carboxylic acids is 3. The Balaban J connectivity index is 1.60. The number of ether oxygens (including phenoxy) is 1. The van der Waals surface area contributed by atoms with E-state index < -0.39 is 17.5 Å². The molecule has 1 aromatic heterocycles. The zero-order chi connectivity index (χ0) is 21.2. The molecular weight excluding hydrogens is 374 g/mol. The lowest BCUT2D eigenvalue weighted by Gasteiger charge is -2.36. The zero-order valence-electron chi connectivity index (χ0n) is 17.4. The highest BCUT2D eigenvalue weighted by molar-refractivity contribution is 6.10. The predicted octanol–water partition coefficient (Wildman–Crippen LogP) is 1.74. The molecule has 4 amide bonds. The summed E-state index contributed by atoms with van der Waals surface area (Å²) in [5, 5.41) is 5.42. The molecular formula is C20H29N5O4. The van der Waals surface area contributed by atoms with Crippen LogP contribution in [-0.2, 0) is 14.3 Å². The first-order valence-electron chi connectivity index (χ1n) is 10.1. The number of amides is 4. The van der Waals surface area contributed by atoms with Crippen LogP contribution in [0, 0.1) is 0 Å². The van der Waals surface area contributed by atoms with Crippen molar-refractivity contribution in [3.05, 3.63) is 18.3 Å². The second-order valence-electron chi connectivity index (χ2n) is 7.73. The van der Waals surface area contributed by atoms with Crippen LogP contribution in [0.3, 0.4) is 0 Å². The average Bonchev–Trinajstić information content (AvgIpc) is 2.92. The maximum Gasteiger partial charge on any atom is 0.325 e. The quantitative estimate of drug-likeness (QED) is 0.702. The zero-order valence-corrected chi connectivity index (χ0v) is 17.4. The Hall–Kier alpha value is -2.68. The van der Waals surface area contributed by atoms with E-state index in [9.17, 15) is 14.4 Å². The Morgan fingerprint density at radius 3 is 2.41 bits per heavy atom. The molecule has 3 rings (SSSR count). The molecule has 1 aromatic rings. The van der Waals surface area contributed by atoms with Gasteiger partial charge in [0.05, 0.1) is 24.1 Å². The van der Waals surface area contributed by atoms with E-state index in [4.69, 9.17) is 4.74 Å². The number of nitrogens with zero attached hydrogens (tertiary/aromatic N) is 3. The largest absolute Gasteiger partial charge is 0.372 e. The molecule has 29 heavy (non-hydrogen) atoms. The number of urea groups is 1. The highest BCUT2D eigenvalue weighted by Gasteiger charge is 2.49. The highest BCUT2D eigenvalue weighted by atomic mass is 16.5. The van der Waals surface area contributed by atoms with E-state index in [-0.39, 0.29) is 24.7 Å². The summed E-state index contributed by atoms with van der Waals surface area (Å²) < 4.78 is 5.73. The molecule has 2 fully saturated rings. The Kier molecular flexibility index (Phi) is 6.07. The fourth-order valence-electron chi connectivity index (χ4n) is 3.91. The number of nitrogens with one attached hydrogen (secondary N) is 2. The third-order valence-electron chi connectivity index (χ3n) is 5.53. The molecule has 9 nitrogen and oxygen atoms in total. The Labute approximate surface area is 170 Å². The number of hydrogen-bond donors (Lipinski definition) is 2. The van der Waals surface area contributed by atoms with Crippen LogP contribution >= 0.6 is 0 Å². The molecule has 9 heteroatoms. The van der Waals surface area contributed by atoms with Gasteiger partial charge in [0.25, 0.3) is 5.91 Å². The van der Waals surface area contributed by atoms with E-state index in [0.717, 1.165) is 23.8 Å². The molecule has 0 aliphatic carbocycles. The van der Waals surface area contributed by atoms with Crippen LogP contribution in [0.25, 0.3) is 0 Å². The number of anilines is 2. The number of hydrogen-bond acceptors (Lipinski definition) is 6. The van der Waals surface area contributed by atoms with Crippen molar-refractivity contribution in [1.82, 2.24) is 15.2 Å². The molecule has 0 spiro atoms. The van der Waals surface area contributed by atoms with Crippen LogP contribution in [0.5, 0.6) is 0 Å². The minimum Gasteiger partial charge on any atom is -0.372 e. The van der Waals surface area contributed by atoms with Gasteiger partial charge >= 0.3 is 6.03 Å². The smallest absolute Gasteiger partial charge is 0.325 e. The Morgan fingerprint density at radius 1 is 1.24 bits per heavy atom. The van der Waals surface area contributed by atoms with Gasteiger partial charge in [0.1, 0.15) is 17.9 Å². The van der Waals surface area contributed by atoms with E-state index in [2.05, 4.69) is 20.5 Å². The van der Waals surface area contributed by atoms with Crippen LogP contribution in [0.4, 0.5) is 16.3 Å². The molecule has 0 bridgehead atoms. The molecule has 2 saturated heterocycles. The van der Waals surface area contributed by atoms with Crippen LogP contribution in [0.15, 0.2) is 18.3 Å². The van der Waals surface area contributed by atoms with Crippen molar-refractivity contribution in [2.24, 2.45) is 0 Å². The summed E-state index contributed by atoms with van der Waals surface area (Å²) in [6, 6.07) is 3.07. The van der Waals surface area contributed by atoms with Gasteiger partial charge in [-0.3, -0.25) is 14.5 Å². The van der Waals surface area contributed by atoms with Crippen LogP contribution in [-0.4, -0.2) is 65.1 Å². The highest BCUT2D eigenvalue weighted by Crippen LogP contribution is 2.25. The third kappa shape index (κ3) is 4.34. The van der Waals surface area contributed by atoms with Crippen LogP contribution in [0.1, 0.15) is 40.5 Å². The summed E-state index contributed by atoms with van der Waals surface area (Å²) in [4.78, 5) is 44.7. The topological polar surface area (TPSA) is 104 Å². The molecule has 0 aromatic carbocycles. The van der Waals surface area contributed by atoms with Gasteiger partial charge in [0.15, 0.2) is 0 Å². The summed E-state index contributed by atoms with van der Waals surface area (Å²) >= 11 is 0. The lowest BCUT2D eigenvalue weighted by molar-refractivity contribution is -0.134. The molecule has 3 heterocycles. The van der Waals surface area contributed by atoms with Crippen molar-refractivity contribution in [3.63, 3.8) is 0 Å². The van der Waals surface area contributed by atoms with Crippen molar-refractivity contribution in [1.29, 1.82) is 0 Å². The number of carbonyl (C=O) groups is 3. The van der Waals surface area contributed by atoms with Crippen molar-refractivity contribution >= 4 is 29.4 Å². The fourth-order valence-corrected chi connectivity index (χ4v) is 3.91. The monoisotopic (exact) mass is 403 g/mol. The van der Waals surface area contributed by atoms with Crippen molar-refractivity contribution in [2.45, 2.75) is 58.3 Å². The van der Waals surface area contributed by atoms with E-state index in [1.165, 1.54) is 0 Å². The van der Waals surface area contributed by atoms with Crippen LogP contribution in [0.2, 0.25) is 0 Å². The van der Waals surface area contributed by atoms with Crippen molar-refractivity contribution in [2.75, 3.05) is 29.9 Å². The van der Waals surface area contributed by atoms with Gasteiger partial charge in [-0.2, -0.15) is 0 Å². The summed E-state index contributed by atoms with van der Waals surface area (Å²) in [5.41, 5.74) is -0.398. The van der Waals surface area contributed by atoms with Gasteiger partial charge in [0.2, 0.25) is 5.91 Å². The summed E-state index contributed by atoms with van der Waals surface area (Å²) in [6.45, 7) is 8.92. The number of rotatable bonds is 6. The van der Waals surface area contributed by atoms with Gasteiger partial charge < -0.3 is 20.3 Å². The molecule has 158 valence electrons. The van der Waals surface area contributed by atoms with Crippen molar-refractivity contribution < 1.29 is 19.1 Å². The summed E-state index contributed by atoms with van der Waals surface area (Å²) in [5.74, 6) is 0.0149. The molecule has 2 unspecified atom stereocenters. The maximum atomic E-state index is 12.6. The minimum absolute atomic E-state index is 0.127. The number of pyridine rings is 1. The second kappa shape index (κ2) is 8.36. The van der Waals surface area contributed by atoms with Gasteiger partial charge in [-0.05, 0) is 38.8 Å². The standard InChI is InChI=1S/C20H29N5O4/c1-5-20(6-2)18(27)25(19(28)23-20)12-17(26)22-15-7-8-16(21-9-15)24-10-13(3)29-14(4)11-24/h7-9,13-14H,5-6,10-12H2,1-4H3,(H,22,26)(H,23,28). The number of aromatic nitrogens is 1. The second-order valence-corrected chi connectivity index (χ2v) is 7.73. The summed E-state index contributed by atoms with van der Waals surface area (Å²) in [7, 11) is 0. The molecule has 0 saturated carbocycles. The molecule has 0 radical (unpaired) electrons. The molecule has 2 aliphatic rings. The SMILES string of the molecule is CCC1(CC)NC(=O)N(CC(=O)Nc2ccc(N3CC(C)OC(C)C3)nc2)C1=O. The first-order valence-corrected chi connectivity index (χ1v) is 10.1. The normalized spacial score (nSPS) is 23.9. The minimum atomic E-state index is -0.910. The third-order valence-corrected chi connectivity index (χ3v) is 5.53. The predicted molar refractivity (Wildman–Crippen MR) is 109 cm³/mol.